The molecule has 2 aromatic heterocycles. The SMILES string of the molecule is CC(=O)N1[C@@H]2CC[C@H]1CC(NCc1ccc(Oc3nc4cnccc4s3)cc1)C2. The van der Waals surface area contributed by atoms with Crippen molar-refractivity contribution in [2.24, 2.45) is 0 Å². The summed E-state index contributed by atoms with van der Waals surface area (Å²) in [6, 6.07) is 11.4. The second-order valence-electron chi connectivity index (χ2n) is 7.93. The standard InChI is InChI=1S/C22H24N4O2S/c1-14(27)26-17-4-5-18(26)11-16(10-17)24-12-15-2-6-19(7-3-15)28-22-25-20-13-23-9-8-21(20)29-22/h2-3,6-9,13,16-18,24H,4-5,10-12H2,1H3/t16?,17-,18+. The number of fused-ring (bicyclic) bond motifs is 3. The molecule has 1 amide bonds. The monoisotopic (exact) mass is 408 g/mol. The molecule has 1 aromatic carbocycles. The first-order chi connectivity index (χ1) is 14.2. The summed E-state index contributed by atoms with van der Waals surface area (Å²) in [5.74, 6) is 1.02. The van der Waals surface area contributed by atoms with E-state index in [1.54, 1.807) is 19.3 Å². The molecule has 0 aliphatic carbocycles. The molecule has 5 rings (SSSR count). The molecule has 1 unspecified atom stereocenters. The van der Waals surface area contributed by atoms with Gasteiger partial charge in [0.25, 0.3) is 5.19 Å². The summed E-state index contributed by atoms with van der Waals surface area (Å²) in [7, 11) is 0. The van der Waals surface area contributed by atoms with Crippen LogP contribution in [-0.2, 0) is 11.3 Å². The number of ether oxygens (including phenoxy) is 1. The number of amides is 1. The van der Waals surface area contributed by atoms with Gasteiger partial charge in [0.05, 0.1) is 10.9 Å². The zero-order valence-electron chi connectivity index (χ0n) is 16.4. The van der Waals surface area contributed by atoms with Crippen molar-refractivity contribution in [3.8, 4) is 10.9 Å². The van der Waals surface area contributed by atoms with Crippen LogP contribution in [0, 0.1) is 0 Å². The topological polar surface area (TPSA) is 67.4 Å². The van der Waals surface area contributed by atoms with E-state index in [9.17, 15) is 4.79 Å². The van der Waals surface area contributed by atoms with Gasteiger partial charge >= 0.3 is 0 Å². The van der Waals surface area contributed by atoms with Gasteiger partial charge in [-0.15, -0.1) is 0 Å². The van der Waals surface area contributed by atoms with Gasteiger partial charge in [-0.2, -0.15) is 0 Å². The van der Waals surface area contributed by atoms with Crippen molar-refractivity contribution in [1.82, 2.24) is 20.2 Å². The van der Waals surface area contributed by atoms with Crippen molar-refractivity contribution in [3.05, 3.63) is 48.3 Å². The minimum Gasteiger partial charge on any atom is -0.431 e. The first kappa shape index (κ1) is 18.5. The highest BCUT2D eigenvalue weighted by Crippen LogP contribution is 2.36. The van der Waals surface area contributed by atoms with Crippen LogP contribution in [0.2, 0.25) is 0 Å². The maximum atomic E-state index is 11.8. The van der Waals surface area contributed by atoms with Gasteiger partial charge in [0, 0.05) is 37.8 Å². The summed E-state index contributed by atoms with van der Waals surface area (Å²) < 4.78 is 6.98. The first-order valence-corrected chi connectivity index (χ1v) is 11.0. The van der Waals surface area contributed by atoms with Gasteiger partial charge in [-0.05, 0) is 49.4 Å². The molecule has 2 fully saturated rings. The highest BCUT2D eigenvalue weighted by atomic mass is 32.1. The van der Waals surface area contributed by atoms with Crippen molar-refractivity contribution in [2.45, 2.75) is 57.3 Å². The van der Waals surface area contributed by atoms with Crippen LogP contribution in [0.15, 0.2) is 42.7 Å². The predicted molar refractivity (Wildman–Crippen MR) is 113 cm³/mol. The Balaban J connectivity index is 1.17. The summed E-state index contributed by atoms with van der Waals surface area (Å²) in [4.78, 5) is 22.5. The molecular formula is C22H24N4O2S. The van der Waals surface area contributed by atoms with Gasteiger partial charge in [0.15, 0.2) is 0 Å². The number of aromatic nitrogens is 2. The van der Waals surface area contributed by atoms with Crippen molar-refractivity contribution >= 4 is 27.5 Å². The predicted octanol–water partition coefficient (Wildman–Crippen LogP) is 4.12. The average Bonchev–Trinajstić information content (AvgIpc) is 3.25. The number of piperidine rings is 1. The molecule has 29 heavy (non-hydrogen) atoms. The minimum atomic E-state index is 0.232. The van der Waals surface area contributed by atoms with E-state index < -0.39 is 0 Å². The Morgan fingerprint density at radius 3 is 2.66 bits per heavy atom. The van der Waals surface area contributed by atoms with Gasteiger partial charge in [-0.3, -0.25) is 9.78 Å². The van der Waals surface area contributed by atoms with Crippen molar-refractivity contribution in [3.63, 3.8) is 0 Å². The molecule has 2 saturated heterocycles. The van der Waals surface area contributed by atoms with E-state index in [1.165, 1.54) is 16.9 Å². The molecule has 2 bridgehead atoms. The Morgan fingerprint density at radius 2 is 1.97 bits per heavy atom. The van der Waals surface area contributed by atoms with Gasteiger partial charge in [0.2, 0.25) is 5.91 Å². The van der Waals surface area contributed by atoms with Crippen LogP contribution in [0.1, 0.15) is 38.2 Å². The van der Waals surface area contributed by atoms with E-state index in [0.717, 1.165) is 48.2 Å². The van der Waals surface area contributed by atoms with Crippen molar-refractivity contribution < 1.29 is 9.53 Å². The molecule has 0 saturated carbocycles. The lowest BCUT2D eigenvalue weighted by atomic mass is 9.97. The van der Waals surface area contributed by atoms with E-state index in [0.29, 0.717) is 23.3 Å². The van der Waals surface area contributed by atoms with E-state index in [1.807, 2.05) is 18.2 Å². The molecule has 3 aromatic rings. The minimum absolute atomic E-state index is 0.232. The fourth-order valence-electron chi connectivity index (χ4n) is 4.70. The number of rotatable bonds is 5. The molecule has 150 valence electrons. The lowest BCUT2D eigenvalue weighted by Crippen LogP contribution is -2.50. The largest absolute Gasteiger partial charge is 0.431 e. The van der Waals surface area contributed by atoms with Gasteiger partial charge < -0.3 is 15.0 Å². The third-order valence-electron chi connectivity index (χ3n) is 5.99. The number of carbonyl (C=O) groups is 1. The van der Waals surface area contributed by atoms with E-state index in [-0.39, 0.29) is 5.91 Å². The smallest absolute Gasteiger partial charge is 0.279 e. The van der Waals surface area contributed by atoms with Gasteiger partial charge in [-0.1, -0.05) is 23.5 Å². The Morgan fingerprint density at radius 1 is 1.21 bits per heavy atom. The molecule has 3 atom stereocenters. The van der Waals surface area contributed by atoms with Crippen LogP contribution in [0.25, 0.3) is 10.2 Å². The molecule has 4 heterocycles. The number of benzene rings is 1. The molecule has 7 heteroatoms. The van der Waals surface area contributed by atoms with Gasteiger partial charge in [-0.25, -0.2) is 4.98 Å². The molecule has 0 spiro atoms. The van der Waals surface area contributed by atoms with E-state index >= 15 is 0 Å². The highest BCUT2D eigenvalue weighted by Gasteiger charge is 2.41. The van der Waals surface area contributed by atoms with Crippen molar-refractivity contribution in [1.29, 1.82) is 0 Å². The molecule has 1 N–H and O–H groups in total. The number of hydrogen-bond donors (Lipinski definition) is 1. The molecule has 0 radical (unpaired) electrons. The highest BCUT2D eigenvalue weighted by molar-refractivity contribution is 7.20. The zero-order chi connectivity index (χ0) is 19.8. The van der Waals surface area contributed by atoms with Crippen LogP contribution in [-0.4, -0.2) is 38.9 Å². The fourth-order valence-corrected chi connectivity index (χ4v) is 5.50. The second-order valence-corrected chi connectivity index (χ2v) is 8.92. The third-order valence-corrected chi connectivity index (χ3v) is 6.90. The number of nitrogens with zero attached hydrogens (tertiary/aromatic N) is 3. The van der Waals surface area contributed by atoms with Crippen molar-refractivity contribution in [2.75, 3.05) is 0 Å². The summed E-state index contributed by atoms with van der Waals surface area (Å²) in [6.07, 6.45) is 7.93. The third kappa shape index (κ3) is 3.84. The fraction of sp³-hybridized carbons (Fsp3) is 0.409. The van der Waals surface area contributed by atoms with Crippen LogP contribution >= 0.6 is 11.3 Å². The van der Waals surface area contributed by atoms with Crippen LogP contribution < -0.4 is 10.1 Å². The first-order valence-electron chi connectivity index (χ1n) is 10.2. The Hall–Kier alpha value is -2.51. The molecule has 6 nitrogen and oxygen atoms in total. The molecular weight excluding hydrogens is 384 g/mol. The second kappa shape index (κ2) is 7.72. The zero-order valence-corrected chi connectivity index (χ0v) is 17.2. The van der Waals surface area contributed by atoms with Crippen LogP contribution in [0.3, 0.4) is 0 Å². The molecule has 2 aliphatic rings. The normalized spacial score (nSPS) is 23.5. The quantitative estimate of drug-likeness (QED) is 0.688. The van der Waals surface area contributed by atoms with Crippen LogP contribution in [0.4, 0.5) is 0 Å². The maximum Gasteiger partial charge on any atom is 0.279 e. The van der Waals surface area contributed by atoms with Gasteiger partial charge in [0.1, 0.15) is 11.3 Å². The van der Waals surface area contributed by atoms with E-state index in [4.69, 9.17) is 4.74 Å². The summed E-state index contributed by atoms with van der Waals surface area (Å²) in [5.41, 5.74) is 2.09. The Kier molecular flexibility index (Phi) is 4.93. The lowest BCUT2D eigenvalue weighted by molar-refractivity contribution is -0.133. The van der Waals surface area contributed by atoms with E-state index in [2.05, 4.69) is 32.3 Å². The van der Waals surface area contributed by atoms with Crippen LogP contribution in [0.5, 0.6) is 10.9 Å². The number of thiazole rings is 1. The number of carbonyl (C=O) groups excluding carboxylic acids is 1. The maximum absolute atomic E-state index is 11.8. The Bertz CT molecular complexity index is 972. The molecule has 2 aliphatic heterocycles. The summed E-state index contributed by atoms with van der Waals surface area (Å²) >= 11 is 1.52. The lowest BCUT2D eigenvalue weighted by Gasteiger charge is -2.38. The average molecular weight is 409 g/mol. The number of pyridine rings is 1. The summed E-state index contributed by atoms with van der Waals surface area (Å²) in [6.45, 7) is 2.53. The summed E-state index contributed by atoms with van der Waals surface area (Å²) in [5, 5.41) is 4.32. The number of nitrogens with one attached hydrogen (secondary N) is 1. The Labute approximate surface area is 173 Å². The number of hydrogen-bond acceptors (Lipinski definition) is 6.